The predicted octanol–water partition coefficient (Wildman–Crippen LogP) is 1.38. The number of nitrogens with zero attached hydrogens (tertiary/aromatic N) is 1. The molecule has 1 aliphatic rings. The third-order valence-corrected chi connectivity index (χ3v) is 1.98. The van der Waals surface area contributed by atoms with Crippen molar-refractivity contribution >= 4 is 5.69 Å². The van der Waals surface area contributed by atoms with E-state index in [0.717, 1.165) is 17.9 Å². The Hall–Kier alpha value is -1.25. The van der Waals surface area contributed by atoms with E-state index in [-0.39, 0.29) is 5.60 Å². The van der Waals surface area contributed by atoms with E-state index in [1.165, 1.54) is 0 Å². The zero-order valence-electron chi connectivity index (χ0n) is 7.29. The first-order valence-corrected chi connectivity index (χ1v) is 4.01. The molecule has 0 bridgehead atoms. The molecule has 0 radical (unpaired) electrons. The van der Waals surface area contributed by atoms with Crippen molar-refractivity contribution in [2.45, 2.75) is 25.9 Å². The third kappa shape index (κ3) is 1.02. The normalized spacial score (nSPS) is 18.5. The third-order valence-electron chi connectivity index (χ3n) is 1.98. The molecule has 2 heterocycles. The highest BCUT2D eigenvalue weighted by Crippen LogP contribution is 2.37. The monoisotopic (exact) mass is 164 g/mol. The molecule has 0 aromatic carbocycles. The highest BCUT2D eigenvalue weighted by atomic mass is 16.5. The molecule has 3 heteroatoms. The number of pyridine rings is 1. The van der Waals surface area contributed by atoms with Gasteiger partial charge in [0.2, 0.25) is 0 Å². The summed E-state index contributed by atoms with van der Waals surface area (Å²) in [5, 5.41) is 0. The summed E-state index contributed by atoms with van der Waals surface area (Å²) in [7, 11) is 0. The fourth-order valence-corrected chi connectivity index (χ4v) is 1.47. The summed E-state index contributed by atoms with van der Waals surface area (Å²) in [5.74, 6) is 0.766. The van der Waals surface area contributed by atoms with Crippen LogP contribution in [-0.4, -0.2) is 10.6 Å². The molecule has 0 saturated heterocycles. The number of fused-ring (bicyclic) bond motifs is 1. The zero-order valence-corrected chi connectivity index (χ0v) is 7.29. The number of ether oxygens (including phenoxy) is 1. The summed E-state index contributed by atoms with van der Waals surface area (Å²) in [4.78, 5) is 4.21. The maximum atomic E-state index is 5.73. The first-order chi connectivity index (χ1) is 5.58. The second kappa shape index (κ2) is 2.12. The molecule has 1 aromatic heterocycles. The van der Waals surface area contributed by atoms with Gasteiger partial charge in [-0.3, -0.25) is 4.98 Å². The van der Waals surface area contributed by atoms with Crippen molar-refractivity contribution in [2.75, 3.05) is 5.73 Å². The molecule has 0 amide bonds. The zero-order chi connectivity index (χ0) is 8.77. The summed E-state index contributed by atoms with van der Waals surface area (Å²) in [6.45, 7) is 4.07. The molecule has 12 heavy (non-hydrogen) atoms. The van der Waals surface area contributed by atoms with Crippen LogP contribution in [-0.2, 0) is 6.42 Å². The molecule has 64 valence electrons. The van der Waals surface area contributed by atoms with E-state index >= 15 is 0 Å². The van der Waals surface area contributed by atoms with Crippen molar-refractivity contribution < 1.29 is 4.74 Å². The Balaban J connectivity index is 2.48. The Morgan fingerprint density at radius 3 is 3.00 bits per heavy atom. The highest BCUT2D eigenvalue weighted by Gasteiger charge is 2.32. The fourth-order valence-electron chi connectivity index (χ4n) is 1.47. The number of nitrogen functional groups attached to an aromatic ring is 1. The summed E-state index contributed by atoms with van der Waals surface area (Å²) >= 11 is 0. The second-order valence-electron chi connectivity index (χ2n) is 3.71. The summed E-state index contributed by atoms with van der Waals surface area (Å²) in [6.07, 6.45) is 2.56. The van der Waals surface area contributed by atoms with Crippen LogP contribution in [0.25, 0.3) is 0 Å². The van der Waals surface area contributed by atoms with Crippen LogP contribution >= 0.6 is 0 Å². The maximum absolute atomic E-state index is 5.73. The molecular formula is C9H12N2O. The quantitative estimate of drug-likeness (QED) is 0.630. The lowest BCUT2D eigenvalue weighted by atomic mass is 10.1. The average molecular weight is 164 g/mol. The lowest BCUT2D eigenvalue weighted by molar-refractivity contribution is 0.139. The van der Waals surface area contributed by atoms with Crippen molar-refractivity contribution in [1.82, 2.24) is 4.98 Å². The topological polar surface area (TPSA) is 48.1 Å². The van der Waals surface area contributed by atoms with Gasteiger partial charge in [-0.15, -0.1) is 0 Å². The molecule has 0 spiro atoms. The van der Waals surface area contributed by atoms with Crippen LogP contribution < -0.4 is 10.5 Å². The molecule has 0 unspecified atom stereocenters. The highest BCUT2D eigenvalue weighted by molar-refractivity contribution is 5.56. The minimum atomic E-state index is -0.148. The molecular weight excluding hydrogens is 152 g/mol. The van der Waals surface area contributed by atoms with Crippen LogP contribution in [0.15, 0.2) is 12.3 Å². The smallest absolute Gasteiger partial charge is 0.164 e. The lowest BCUT2D eigenvalue weighted by Crippen LogP contribution is -2.24. The van der Waals surface area contributed by atoms with E-state index in [9.17, 15) is 0 Å². The van der Waals surface area contributed by atoms with E-state index in [1.54, 1.807) is 12.3 Å². The first kappa shape index (κ1) is 7.40. The molecule has 1 aromatic rings. The fraction of sp³-hybridized carbons (Fsp3) is 0.444. The minimum absolute atomic E-state index is 0.148. The van der Waals surface area contributed by atoms with Gasteiger partial charge in [-0.05, 0) is 19.9 Å². The van der Waals surface area contributed by atoms with Gasteiger partial charge in [-0.1, -0.05) is 0 Å². The van der Waals surface area contributed by atoms with Crippen LogP contribution in [0.3, 0.4) is 0 Å². The predicted molar refractivity (Wildman–Crippen MR) is 47.1 cm³/mol. The molecule has 0 atom stereocenters. The lowest BCUT2D eigenvalue weighted by Gasteiger charge is -2.16. The molecule has 2 N–H and O–H groups in total. The van der Waals surface area contributed by atoms with Gasteiger partial charge in [-0.2, -0.15) is 0 Å². The standard InChI is InChI=1S/C9H12N2O/c1-9(2)5-7-8(12-9)6(10)3-4-11-7/h3-4H,5H2,1-2H3,(H2,10,11). The van der Waals surface area contributed by atoms with Gasteiger partial charge in [0.1, 0.15) is 5.60 Å². The van der Waals surface area contributed by atoms with E-state index in [0.29, 0.717) is 5.69 Å². The van der Waals surface area contributed by atoms with E-state index in [2.05, 4.69) is 4.98 Å². The number of rotatable bonds is 0. The summed E-state index contributed by atoms with van der Waals surface area (Å²) in [6, 6.07) is 1.76. The Bertz CT molecular complexity index is 320. The van der Waals surface area contributed by atoms with Crippen LogP contribution in [0.5, 0.6) is 5.75 Å². The number of aromatic nitrogens is 1. The van der Waals surface area contributed by atoms with Gasteiger partial charge in [0, 0.05) is 12.6 Å². The Morgan fingerprint density at radius 1 is 1.58 bits per heavy atom. The Morgan fingerprint density at radius 2 is 2.33 bits per heavy atom. The Kier molecular flexibility index (Phi) is 1.31. The Labute approximate surface area is 71.6 Å². The molecule has 0 aliphatic carbocycles. The molecule has 1 aliphatic heterocycles. The van der Waals surface area contributed by atoms with Gasteiger partial charge in [0.15, 0.2) is 5.75 Å². The van der Waals surface area contributed by atoms with E-state index < -0.39 is 0 Å². The summed E-state index contributed by atoms with van der Waals surface area (Å²) < 4.78 is 5.64. The number of hydrogen-bond acceptors (Lipinski definition) is 3. The van der Waals surface area contributed by atoms with Crippen LogP contribution in [0.4, 0.5) is 5.69 Å². The average Bonchev–Trinajstić information content (AvgIpc) is 2.25. The van der Waals surface area contributed by atoms with Crippen molar-refractivity contribution in [2.24, 2.45) is 0 Å². The number of hydrogen-bond donors (Lipinski definition) is 1. The van der Waals surface area contributed by atoms with Crippen molar-refractivity contribution in [3.63, 3.8) is 0 Å². The van der Waals surface area contributed by atoms with Gasteiger partial charge in [-0.25, -0.2) is 0 Å². The molecule has 0 saturated carbocycles. The van der Waals surface area contributed by atoms with Crippen molar-refractivity contribution in [1.29, 1.82) is 0 Å². The second-order valence-corrected chi connectivity index (χ2v) is 3.71. The van der Waals surface area contributed by atoms with E-state index in [1.807, 2.05) is 13.8 Å². The molecule has 0 fully saturated rings. The number of anilines is 1. The van der Waals surface area contributed by atoms with Crippen molar-refractivity contribution in [3.8, 4) is 5.75 Å². The van der Waals surface area contributed by atoms with Crippen molar-refractivity contribution in [3.05, 3.63) is 18.0 Å². The van der Waals surface area contributed by atoms with Crippen LogP contribution in [0.1, 0.15) is 19.5 Å². The number of nitrogens with two attached hydrogens (primary N) is 1. The van der Waals surface area contributed by atoms with Gasteiger partial charge in [0.05, 0.1) is 11.4 Å². The van der Waals surface area contributed by atoms with Gasteiger partial charge >= 0.3 is 0 Å². The van der Waals surface area contributed by atoms with E-state index in [4.69, 9.17) is 10.5 Å². The molecule has 3 nitrogen and oxygen atoms in total. The largest absolute Gasteiger partial charge is 0.483 e. The SMILES string of the molecule is CC1(C)Cc2nccc(N)c2O1. The molecule has 2 rings (SSSR count). The minimum Gasteiger partial charge on any atom is -0.483 e. The van der Waals surface area contributed by atoms with Gasteiger partial charge < -0.3 is 10.5 Å². The maximum Gasteiger partial charge on any atom is 0.164 e. The van der Waals surface area contributed by atoms with Crippen LogP contribution in [0, 0.1) is 0 Å². The van der Waals surface area contributed by atoms with Crippen LogP contribution in [0.2, 0.25) is 0 Å². The first-order valence-electron chi connectivity index (χ1n) is 4.01. The summed E-state index contributed by atoms with van der Waals surface area (Å²) in [5.41, 5.74) is 7.24. The van der Waals surface area contributed by atoms with Gasteiger partial charge in [0.25, 0.3) is 0 Å².